The van der Waals surface area contributed by atoms with Crippen molar-refractivity contribution in [2.45, 2.75) is 19.1 Å². The van der Waals surface area contributed by atoms with Gasteiger partial charge >= 0.3 is 0 Å². The van der Waals surface area contributed by atoms with Crippen molar-refractivity contribution in [1.82, 2.24) is 15.1 Å². The number of para-hydroxylation sites is 1. The van der Waals surface area contributed by atoms with Gasteiger partial charge in [-0.3, -0.25) is 4.68 Å². The monoisotopic (exact) mass is 243 g/mol. The third-order valence-electron chi connectivity index (χ3n) is 3.17. The zero-order valence-electron chi connectivity index (χ0n) is 10.5. The molecule has 1 aromatic carbocycles. The Balaban J connectivity index is 1.48. The molecule has 0 saturated heterocycles. The van der Waals surface area contributed by atoms with Crippen molar-refractivity contribution in [2.24, 2.45) is 7.05 Å². The van der Waals surface area contributed by atoms with E-state index < -0.39 is 0 Å². The Morgan fingerprint density at radius 2 is 2.33 bits per heavy atom. The van der Waals surface area contributed by atoms with E-state index in [1.54, 1.807) is 0 Å². The van der Waals surface area contributed by atoms with Crippen LogP contribution in [0.5, 0.6) is 5.75 Å². The first-order valence-electron chi connectivity index (χ1n) is 6.24. The molecule has 3 rings (SSSR count). The minimum atomic E-state index is 0.249. The minimum Gasteiger partial charge on any atom is -0.488 e. The quantitative estimate of drug-likeness (QED) is 0.884. The third kappa shape index (κ3) is 2.38. The number of fused-ring (bicyclic) bond motifs is 1. The zero-order chi connectivity index (χ0) is 12.4. The summed E-state index contributed by atoms with van der Waals surface area (Å²) in [6.07, 6.45) is 5.16. The van der Waals surface area contributed by atoms with Gasteiger partial charge in [0, 0.05) is 38.3 Å². The second kappa shape index (κ2) is 4.82. The summed E-state index contributed by atoms with van der Waals surface area (Å²) in [5.41, 5.74) is 2.51. The average Bonchev–Trinajstić information content (AvgIpc) is 2.95. The molecule has 0 fully saturated rings. The second-order valence-corrected chi connectivity index (χ2v) is 4.70. The van der Waals surface area contributed by atoms with Crippen LogP contribution in [0.25, 0.3) is 0 Å². The van der Waals surface area contributed by atoms with E-state index in [1.807, 2.05) is 36.3 Å². The molecule has 0 aliphatic carbocycles. The Morgan fingerprint density at radius 1 is 1.44 bits per heavy atom. The summed E-state index contributed by atoms with van der Waals surface area (Å²) in [5, 5.41) is 7.56. The molecule has 94 valence electrons. The van der Waals surface area contributed by atoms with Crippen molar-refractivity contribution in [3.63, 3.8) is 0 Å². The summed E-state index contributed by atoms with van der Waals surface area (Å²) in [6, 6.07) is 8.25. The molecule has 1 aliphatic heterocycles. The number of rotatable bonds is 4. The summed E-state index contributed by atoms with van der Waals surface area (Å²) < 4.78 is 7.69. The summed E-state index contributed by atoms with van der Waals surface area (Å²) >= 11 is 0. The van der Waals surface area contributed by atoms with Crippen LogP contribution in [-0.4, -0.2) is 22.4 Å². The van der Waals surface area contributed by atoms with Crippen LogP contribution in [0.15, 0.2) is 36.7 Å². The van der Waals surface area contributed by atoms with Crippen molar-refractivity contribution in [3.8, 4) is 5.75 Å². The lowest BCUT2D eigenvalue weighted by atomic mass is 10.1. The highest BCUT2D eigenvalue weighted by Crippen LogP contribution is 2.27. The van der Waals surface area contributed by atoms with Crippen molar-refractivity contribution in [1.29, 1.82) is 0 Å². The number of ether oxygens (including phenoxy) is 1. The average molecular weight is 243 g/mol. The van der Waals surface area contributed by atoms with Gasteiger partial charge in [-0.15, -0.1) is 0 Å². The van der Waals surface area contributed by atoms with Gasteiger partial charge in [-0.25, -0.2) is 0 Å². The Morgan fingerprint density at radius 3 is 3.11 bits per heavy atom. The third-order valence-corrected chi connectivity index (χ3v) is 3.17. The SMILES string of the molecule is Cn1cc(CNCC2Cc3ccccc3O2)cn1. The second-order valence-electron chi connectivity index (χ2n) is 4.70. The number of nitrogens with one attached hydrogen (secondary N) is 1. The molecule has 0 amide bonds. The molecule has 4 heteroatoms. The first kappa shape index (κ1) is 11.3. The molecule has 1 aliphatic rings. The minimum absolute atomic E-state index is 0.249. The molecule has 4 nitrogen and oxygen atoms in total. The lowest BCUT2D eigenvalue weighted by molar-refractivity contribution is 0.227. The summed E-state index contributed by atoms with van der Waals surface area (Å²) in [7, 11) is 1.93. The van der Waals surface area contributed by atoms with Gasteiger partial charge in [-0.05, 0) is 11.6 Å². The fourth-order valence-electron chi connectivity index (χ4n) is 2.31. The van der Waals surface area contributed by atoms with Crippen molar-refractivity contribution in [2.75, 3.05) is 6.54 Å². The van der Waals surface area contributed by atoms with E-state index in [0.29, 0.717) is 0 Å². The fraction of sp³-hybridized carbons (Fsp3) is 0.357. The molecular weight excluding hydrogens is 226 g/mol. The van der Waals surface area contributed by atoms with Crippen LogP contribution >= 0.6 is 0 Å². The first-order chi connectivity index (χ1) is 8.81. The summed E-state index contributed by atoms with van der Waals surface area (Å²) in [5.74, 6) is 1.03. The molecule has 0 saturated carbocycles. The van der Waals surface area contributed by atoms with Gasteiger partial charge < -0.3 is 10.1 Å². The highest BCUT2D eigenvalue weighted by atomic mass is 16.5. The zero-order valence-corrected chi connectivity index (χ0v) is 10.5. The van der Waals surface area contributed by atoms with Crippen LogP contribution in [0.2, 0.25) is 0 Å². The van der Waals surface area contributed by atoms with Crippen LogP contribution in [-0.2, 0) is 20.0 Å². The number of benzene rings is 1. The van der Waals surface area contributed by atoms with Gasteiger partial charge in [0.05, 0.1) is 6.20 Å². The van der Waals surface area contributed by atoms with E-state index in [9.17, 15) is 0 Å². The largest absolute Gasteiger partial charge is 0.488 e. The van der Waals surface area contributed by atoms with E-state index >= 15 is 0 Å². The van der Waals surface area contributed by atoms with Gasteiger partial charge in [0.25, 0.3) is 0 Å². The van der Waals surface area contributed by atoms with E-state index in [0.717, 1.165) is 25.3 Å². The molecule has 0 radical (unpaired) electrons. The van der Waals surface area contributed by atoms with Crippen molar-refractivity contribution in [3.05, 3.63) is 47.8 Å². The highest BCUT2D eigenvalue weighted by molar-refractivity contribution is 5.37. The standard InChI is InChI=1S/C14H17N3O/c1-17-10-11(8-16-17)7-15-9-13-6-12-4-2-3-5-14(12)18-13/h2-5,8,10,13,15H,6-7,9H2,1H3. The smallest absolute Gasteiger partial charge is 0.123 e. The summed E-state index contributed by atoms with van der Waals surface area (Å²) in [6.45, 7) is 1.70. The molecule has 0 spiro atoms. The van der Waals surface area contributed by atoms with Crippen LogP contribution in [0.1, 0.15) is 11.1 Å². The van der Waals surface area contributed by atoms with Gasteiger partial charge in [0.2, 0.25) is 0 Å². The number of hydrogen-bond donors (Lipinski definition) is 1. The molecule has 1 unspecified atom stereocenters. The molecule has 18 heavy (non-hydrogen) atoms. The van der Waals surface area contributed by atoms with Crippen LogP contribution in [0.3, 0.4) is 0 Å². The maximum absolute atomic E-state index is 5.87. The maximum Gasteiger partial charge on any atom is 0.123 e. The molecule has 2 aromatic rings. The van der Waals surface area contributed by atoms with Gasteiger partial charge in [-0.2, -0.15) is 5.10 Å². The normalized spacial score (nSPS) is 17.5. The number of hydrogen-bond acceptors (Lipinski definition) is 3. The van der Waals surface area contributed by atoms with E-state index in [2.05, 4.69) is 22.5 Å². The van der Waals surface area contributed by atoms with Crippen molar-refractivity contribution >= 4 is 0 Å². The van der Waals surface area contributed by atoms with E-state index in [4.69, 9.17) is 4.74 Å². The number of aromatic nitrogens is 2. The Bertz CT molecular complexity index is 510. The van der Waals surface area contributed by atoms with Crippen LogP contribution in [0.4, 0.5) is 0 Å². The van der Waals surface area contributed by atoms with E-state index in [-0.39, 0.29) is 6.10 Å². The molecular formula is C14H17N3O. The fourth-order valence-corrected chi connectivity index (χ4v) is 2.31. The topological polar surface area (TPSA) is 39.1 Å². The maximum atomic E-state index is 5.87. The Hall–Kier alpha value is -1.81. The molecule has 2 heterocycles. The number of aryl methyl sites for hydroxylation is 1. The number of nitrogens with zero attached hydrogens (tertiary/aromatic N) is 2. The molecule has 0 bridgehead atoms. The van der Waals surface area contributed by atoms with Gasteiger partial charge in [-0.1, -0.05) is 18.2 Å². The molecule has 1 N–H and O–H groups in total. The van der Waals surface area contributed by atoms with E-state index in [1.165, 1.54) is 11.1 Å². The molecule has 1 aromatic heterocycles. The first-order valence-corrected chi connectivity index (χ1v) is 6.24. The molecule has 1 atom stereocenters. The van der Waals surface area contributed by atoms with Gasteiger partial charge in [0.15, 0.2) is 0 Å². The predicted octanol–water partition coefficient (Wildman–Crippen LogP) is 1.51. The van der Waals surface area contributed by atoms with Crippen LogP contribution in [0, 0.1) is 0 Å². The highest BCUT2D eigenvalue weighted by Gasteiger charge is 2.21. The Kier molecular flexibility index (Phi) is 3.02. The lowest BCUT2D eigenvalue weighted by Gasteiger charge is -2.11. The van der Waals surface area contributed by atoms with Crippen LogP contribution < -0.4 is 10.1 Å². The summed E-state index contributed by atoms with van der Waals surface area (Å²) in [4.78, 5) is 0. The van der Waals surface area contributed by atoms with Crippen molar-refractivity contribution < 1.29 is 4.74 Å². The van der Waals surface area contributed by atoms with Gasteiger partial charge in [0.1, 0.15) is 11.9 Å². The predicted molar refractivity (Wildman–Crippen MR) is 69.5 cm³/mol. The Labute approximate surface area is 107 Å². The lowest BCUT2D eigenvalue weighted by Crippen LogP contribution is -2.29.